The highest BCUT2D eigenvalue weighted by Crippen LogP contribution is 2.40. The number of anilines is 1. The van der Waals surface area contributed by atoms with Crippen LogP contribution in [0.25, 0.3) is 11.0 Å². The van der Waals surface area contributed by atoms with Crippen LogP contribution in [0, 0.1) is 5.41 Å². The lowest BCUT2D eigenvalue weighted by Gasteiger charge is -2.27. The Kier molecular flexibility index (Phi) is 8.03. The Bertz CT molecular complexity index is 1960. The summed E-state index contributed by atoms with van der Waals surface area (Å²) in [6.07, 6.45) is 0. The largest absolute Gasteiger partial charge is 0.505 e. The van der Waals surface area contributed by atoms with Crippen molar-refractivity contribution in [2.45, 2.75) is 45.0 Å². The Morgan fingerprint density at radius 1 is 0.837 bits per heavy atom. The molecular formula is C34H36N4O4S. The standard InChI is InChI=1S/C34H36N4O4S/c1-34(2,3)27-19-26(20-30(32(27)40)36(4)43(41,42)23-25-15-9-6-10-16-25)31(39)22-38-29-18-12-11-17-28(29)37(33(38)35)21-24-13-7-5-8-14-24/h5-20,35,40H,21-23H2,1-4H3. The summed E-state index contributed by atoms with van der Waals surface area (Å²) in [7, 11) is -2.50. The van der Waals surface area contributed by atoms with Crippen molar-refractivity contribution in [1.29, 1.82) is 5.41 Å². The Morgan fingerprint density at radius 2 is 1.37 bits per heavy atom. The number of ketones is 1. The summed E-state index contributed by atoms with van der Waals surface area (Å²) in [5.74, 6) is -0.746. The average Bonchev–Trinajstić information content (AvgIpc) is 3.23. The number of fused-ring (bicyclic) bond motifs is 1. The van der Waals surface area contributed by atoms with Gasteiger partial charge in [0.2, 0.25) is 15.6 Å². The number of hydrogen-bond acceptors (Lipinski definition) is 5. The molecule has 0 amide bonds. The molecule has 0 fully saturated rings. The first-order valence-electron chi connectivity index (χ1n) is 14.0. The Balaban J connectivity index is 1.55. The number of sulfonamides is 1. The molecular weight excluding hydrogens is 560 g/mol. The summed E-state index contributed by atoms with van der Waals surface area (Å²) in [6, 6.07) is 29.3. The van der Waals surface area contributed by atoms with Crippen molar-refractivity contribution in [3.63, 3.8) is 0 Å². The van der Waals surface area contributed by atoms with Crippen LogP contribution in [0.2, 0.25) is 0 Å². The van der Waals surface area contributed by atoms with Crippen LogP contribution in [0.1, 0.15) is 47.8 Å². The lowest BCUT2D eigenvalue weighted by Crippen LogP contribution is -2.30. The number of phenolic OH excluding ortho intramolecular Hbond substituents is 1. The lowest BCUT2D eigenvalue weighted by molar-refractivity contribution is 0.0971. The molecule has 8 nitrogen and oxygen atoms in total. The average molecular weight is 597 g/mol. The molecule has 43 heavy (non-hydrogen) atoms. The molecule has 0 aliphatic carbocycles. The monoisotopic (exact) mass is 596 g/mol. The zero-order valence-electron chi connectivity index (χ0n) is 24.8. The van der Waals surface area contributed by atoms with Gasteiger partial charge in [0.25, 0.3) is 0 Å². The predicted molar refractivity (Wildman–Crippen MR) is 170 cm³/mol. The number of Topliss-reactive ketones (excluding diaryl/α,β-unsaturated/α-hetero) is 1. The Labute approximate surface area is 252 Å². The number of nitrogens with zero attached hydrogens (tertiary/aromatic N) is 3. The van der Waals surface area contributed by atoms with Gasteiger partial charge < -0.3 is 14.2 Å². The maximum Gasteiger partial charge on any atom is 0.239 e. The van der Waals surface area contributed by atoms with Crippen molar-refractivity contribution in [2.75, 3.05) is 11.4 Å². The van der Waals surface area contributed by atoms with Gasteiger partial charge in [-0.25, -0.2) is 8.42 Å². The minimum atomic E-state index is -3.89. The molecule has 1 heterocycles. The van der Waals surface area contributed by atoms with Gasteiger partial charge in [-0.15, -0.1) is 0 Å². The first kappa shape index (κ1) is 29.8. The molecule has 0 bridgehead atoms. The van der Waals surface area contributed by atoms with Crippen molar-refractivity contribution in [2.24, 2.45) is 0 Å². The highest BCUT2D eigenvalue weighted by Gasteiger charge is 2.29. The molecule has 0 radical (unpaired) electrons. The number of benzene rings is 4. The van der Waals surface area contributed by atoms with Crippen molar-refractivity contribution in [3.05, 3.63) is 125 Å². The highest BCUT2D eigenvalue weighted by molar-refractivity contribution is 7.92. The van der Waals surface area contributed by atoms with E-state index >= 15 is 0 Å². The van der Waals surface area contributed by atoms with Crippen LogP contribution in [-0.2, 0) is 34.3 Å². The van der Waals surface area contributed by atoms with E-state index in [9.17, 15) is 18.3 Å². The van der Waals surface area contributed by atoms with E-state index in [1.165, 1.54) is 13.1 Å². The van der Waals surface area contributed by atoms with Crippen LogP contribution in [0.5, 0.6) is 5.75 Å². The van der Waals surface area contributed by atoms with Gasteiger partial charge in [0.1, 0.15) is 5.75 Å². The minimum Gasteiger partial charge on any atom is -0.505 e. The molecule has 5 rings (SSSR count). The summed E-state index contributed by atoms with van der Waals surface area (Å²) in [5.41, 5.74) is 3.57. The predicted octanol–water partition coefficient (Wildman–Crippen LogP) is 5.82. The fraction of sp³-hybridized carbons (Fsp3) is 0.235. The number of carbonyl (C=O) groups excluding carboxylic acids is 1. The lowest BCUT2D eigenvalue weighted by atomic mass is 9.84. The molecule has 2 N–H and O–H groups in total. The molecule has 0 saturated carbocycles. The van der Waals surface area contributed by atoms with E-state index in [-0.39, 0.29) is 40.7 Å². The summed E-state index contributed by atoms with van der Waals surface area (Å²) in [5, 5.41) is 20.3. The molecule has 0 unspecified atom stereocenters. The number of rotatable bonds is 9. The summed E-state index contributed by atoms with van der Waals surface area (Å²) in [4.78, 5) is 13.9. The van der Waals surface area contributed by atoms with Crippen molar-refractivity contribution in [1.82, 2.24) is 9.13 Å². The van der Waals surface area contributed by atoms with E-state index in [0.717, 1.165) is 20.9 Å². The number of para-hydroxylation sites is 2. The summed E-state index contributed by atoms with van der Waals surface area (Å²) < 4.78 is 31.4. The minimum absolute atomic E-state index is 0.0364. The third kappa shape index (κ3) is 6.12. The number of aromatic hydroxyl groups is 1. The van der Waals surface area contributed by atoms with Crippen LogP contribution in [0.4, 0.5) is 5.69 Å². The quantitative estimate of drug-likeness (QED) is 0.209. The second-order valence-corrected chi connectivity index (χ2v) is 13.7. The number of hydrogen-bond donors (Lipinski definition) is 2. The first-order valence-corrected chi connectivity index (χ1v) is 15.7. The van der Waals surface area contributed by atoms with Crippen LogP contribution in [0.3, 0.4) is 0 Å². The van der Waals surface area contributed by atoms with Crippen LogP contribution in [0.15, 0.2) is 97.1 Å². The third-order valence-corrected chi connectivity index (χ3v) is 9.36. The van der Waals surface area contributed by atoms with Gasteiger partial charge in [0, 0.05) is 18.2 Å². The normalized spacial score (nSPS) is 12.0. The fourth-order valence-corrected chi connectivity index (χ4v) is 6.49. The van der Waals surface area contributed by atoms with Crippen LogP contribution < -0.4 is 9.92 Å². The number of imidazole rings is 1. The molecule has 0 aliphatic heterocycles. The third-order valence-electron chi connectivity index (χ3n) is 7.63. The van der Waals surface area contributed by atoms with Gasteiger partial charge in [-0.1, -0.05) is 93.6 Å². The topological polar surface area (TPSA) is 108 Å². The van der Waals surface area contributed by atoms with Gasteiger partial charge in [-0.3, -0.25) is 14.5 Å². The van der Waals surface area contributed by atoms with Gasteiger partial charge in [0.15, 0.2) is 5.78 Å². The van der Waals surface area contributed by atoms with E-state index in [4.69, 9.17) is 5.41 Å². The maximum atomic E-state index is 13.9. The molecule has 4 aromatic carbocycles. The second kappa shape index (κ2) is 11.6. The van der Waals surface area contributed by atoms with Gasteiger partial charge in [0.05, 0.1) is 35.6 Å². The number of carbonyl (C=O) groups is 1. The van der Waals surface area contributed by atoms with Gasteiger partial charge in [-0.05, 0) is 40.8 Å². The summed E-state index contributed by atoms with van der Waals surface area (Å²) >= 11 is 0. The summed E-state index contributed by atoms with van der Waals surface area (Å²) in [6.45, 7) is 6.03. The molecule has 1 aromatic heterocycles. The van der Waals surface area contributed by atoms with E-state index < -0.39 is 15.4 Å². The van der Waals surface area contributed by atoms with Crippen LogP contribution in [-0.4, -0.2) is 35.5 Å². The molecule has 222 valence electrons. The zero-order chi connectivity index (χ0) is 30.9. The van der Waals surface area contributed by atoms with Gasteiger partial charge in [-0.2, -0.15) is 0 Å². The fourth-order valence-electron chi connectivity index (χ4n) is 5.24. The SMILES string of the molecule is CN(c1cc(C(=O)Cn2c(=N)n(Cc3ccccc3)c3ccccc32)cc(C(C)(C)C)c1O)S(=O)(=O)Cc1ccccc1. The van der Waals surface area contributed by atoms with E-state index in [1.54, 1.807) is 34.9 Å². The zero-order valence-corrected chi connectivity index (χ0v) is 25.6. The molecule has 5 aromatic rings. The van der Waals surface area contributed by atoms with E-state index in [0.29, 0.717) is 17.7 Å². The number of aromatic nitrogens is 2. The Hall–Kier alpha value is -4.63. The van der Waals surface area contributed by atoms with E-state index in [2.05, 4.69) is 0 Å². The highest BCUT2D eigenvalue weighted by atomic mass is 32.2. The molecule has 0 atom stereocenters. The molecule has 0 saturated heterocycles. The first-order chi connectivity index (χ1) is 20.4. The maximum absolute atomic E-state index is 13.9. The van der Waals surface area contributed by atoms with Crippen molar-refractivity contribution < 1.29 is 18.3 Å². The van der Waals surface area contributed by atoms with Gasteiger partial charge >= 0.3 is 0 Å². The Morgan fingerprint density at radius 3 is 1.95 bits per heavy atom. The van der Waals surface area contributed by atoms with Crippen molar-refractivity contribution >= 4 is 32.5 Å². The molecule has 0 aliphatic rings. The van der Waals surface area contributed by atoms with E-state index in [1.807, 2.05) is 86.0 Å². The molecule has 9 heteroatoms. The second-order valence-electron chi connectivity index (χ2n) is 11.7. The number of phenols is 1. The smallest absolute Gasteiger partial charge is 0.239 e. The number of nitrogens with one attached hydrogen (secondary N) is 1. The molecule has 0 spiro atoms. The van der Waals surface area contributed by atoms with Crippen molar-refractivity contribution in [3.8, 4) is 5.75 Å². The van der Waals surface area contributed by atoms with Crippen LogP contribution >= 0.6 is 0 Å².